The lowest BCUT2D eigenvalue weighted by Gasteiger charge is -2.02. The lowest BCUT2D eigenvalue weighted by Crippen LogP contribution is -2.21. The molecule has 0 aliphatic heterocycles. The van der Waals surface area contributed by atoms with Gasteiger partial charge in [-0.2, -0.15) is 4.98 Å². The molecule has 2 heterocycles. The number of nitrogens with zero attached hydrogens (tertiary/aromatic N) is 3. The lowest BCUT2D eigenvalue weighted by molar-refractivity contribution is 0.844. The summed E-state index contributed by atoms with van der Waals surface area (Å²) >= 11 is 0. The molecular formula is C9H12N4O. The maximum absolute atomic E-state index is 11.7. The molecule has 0 radical (unpaired) electrons. The number of aromatic nitrogens is 3. The van der Waals surface area contributed by atoms with Crippen molar-refractivity contribution in [1.82, 2.24) is 14.1 Å². The Kier molecular flexibility index (Phi) is 1.64. The zero-order valence-corrected chi connectivity index (χ0v) is 8.40. The van der Waals surface area contributed by atoms with E-state index in [4.69, 9.17) is 5.73 Å². The van der Waals surface area contributed by atoms with Gasteiger partial charge >= 0.3 is 0 Å². The number of hydrogen-bond acceptors (Lipinski definition) is 3. The molecule has 2 N–H and O–H groups in total. The van der Waals surface area contributed by atoms with Crippen molar-refractivity contribution in [3.63, 3.8) is 0 Å². The number of nitrogens with two attached hydrogens (primary N) is 1. The Morgan fingerprint density at radius 3 is 2.64 bits per heavy atom. The van der Waals surface area contributed by atoms with Gasteiger partial charge in [-0.3, -0.25) is 9.36 Å². The summed E-state index contributed by atoms with van der Waals surface area (Å²) in [6, 6.07) is 1.82. The third kappa shape index (κ3) is 0.951. The van der Waals surface area contributed by atoms with Gasteiger partial charge in [-0.25, -0.2) is 0 Å². The molecular weight excluding hydrogens is 180 g/mol. The molecule has 14 heavy (non-hydrogen) atoms. The van der Waals surface area contributed by atoms with Crippen LogP contribution >= 0.6 is 0 Å². The van der Waals surface area contributed by atoms with Crippen LogP contribution in [0, 0.1) is 6.92 Å². The standard InChI is InChI=1S/C9H12N4O/c1-5-4-6-7(12(5)2)11-9(10)13(3)8(6)14/h4H,1-3H3,(H2,10,11). The molecule has 5 nitrogen and oxygen atoms in total. The van der Waals surface area contributed by atoms with Gasteiger partial charge in [-0.1, -0.05) is 0 Å². The van der Waals surface area contributed by atoms with E-state index >= 15 is 0 Å². The summed E-state index contributed by atoms with van der Waals surface area (Å²) in [4.78, 5) is 15.9. The quantitative estimate of drug-likeness (QED) is 0.646. The number of anilines is 1. The first-order valence-corrected chi connectivity index (χ1v) is 4.31. The van der Waals surface area contributed by atoms with Crippen LogP contribution in [0.15, 0.2) is 10.9 Å². The van der Waals surface area contributed by atoms with E-state index in [1.165, 1.54) is 4.57 Å². The van der Waals surface area contributed by atoms with Crippen molar-refractivity contribution in [3.05, 3.63) is 22.1 Å². The van der Waals surface area contributed by atoms with Gasteiger partial charge in [0, 0.05) is 19.8 Å². The van der Waals surface area contributed by atoms with Crippen molar-refractivity contribution in [2.24, 2.45) is 14.1 Å². The predicted molar refractivity (Wildman–Crippen MR) is 55.1 cm³/mol. The Morgan fingerprint density at radius 1 is 1.36 bits per heavy atom. The van der Waals surface area contributed by atoms with Gasteiger partial charge in [0.05, 0.1) is 5.39 Å². The van der Waals surface area contributed by atoms with Gasteiger partial charge in [-0.05, 0) is 13.0 Å². The average molecular weight is 192 g/mol. The highest BCUT2D eigenvalue weighted by molar-refractivity contribution is 5.77. The Balaban J connectivity index is 3.06. The molecule has 0 atom stereocenters. The second-order valence-corrected chi connectivity index (χ2v) is 3.42. The minimum Gasteiger partial charge on any atom is -0.369 e. The summed E-state index contributed by atoms with van der Waals surface area (Å²) in [5, 5.41) is 0.613. The molecule has 0 aliphatic rings. The van der Waals surface area contributed by atoms with Crippen molar-refractivity contribution in [3.8, 4) is 0 Å². The summed E-state index contributed by atoms with van der Waals surface area (Å²) < 4.78 is 3.20. The zero-order valence-electron chi connectivity index (χ0n) is 8.40. The second-order valence-electron chi connectivity index (χ2n) is 3.42. The molecule has 0 saturated carbocycles. The second kappa shape index (κ2) is 2.60. The summed E-state index contributed by atoms with van der Waals surface area (Å²) in [6.07, 6.45) is 0. The van der Waals surface area contributed by atoms with Crippen LogP contribution in [0.2, 0.25) is 0 Å². The highest BCUT2D eigenvalue weighted by atomic mass is 16.1. The van der Waals surface area contributed by atoms with E-state index in [0.29, 0.717) is 11.0 Å². The van der Waals surface area contributed by atoms with Crippen LogP contribution in [-0.2, 0) is 14.1 Å². The minimum atomic E-state index is -0.101. The Bertz CT molecular complexity index is 564. The number of hydrogen-bond donors (Lipinski definition) is 1. The van der Waals surface area contributed by atoms with E-state index in [2.05, 4.69) is 4.98 Å². The van der Waals surface area contributed by atoms with Gasteiger partial charge in [-0.15, -0.1) is 0 Å². The summed E-state index contributed by atoms with van der Waals surface area (Å²) in [5.74, 6) is 0.240. The first-order valence-electron chi connectivity index (χ1n) is 4.31. The summed E-state index contributed by atoms with van der Waals surface area (Å²) in [7, 11) is 3.48. The van der Waals surface area contributed by atoms with Gasteiger partial charge in [0.1, 0.15) is 5.65 Å². The fourth-order valence-corrected chi connectivity index (χ4v) is 1.48. The molecule has 0 amide bonds. The van der Waals surface area contributed by atoms with Gasteiger partial charge in [0.15, 0.2) is 0 Å². The molecule has 0 saturated heterocycles. The number of rotatable bonds is 0. The normalized spacial score (nSPS) is 11.1. The van der Waals surface area contributed by atoms with E-state index in [0.717, 1.165) is 5.69 Å². The van der Waals surface area contributed by atoms with Crippen LogP contribution < -0.4 is 11.3 Å². The van der Waals surface area contributed by atoms with Crippen LogP contribution in [-0.4, -0.2) is 14.1 Å². The fraction of sp³-hybridized carbons (Fsp3) is 0.333. The maximum atomic E-state index is 11.7. The van der Waals surface area contributed by atoms with E-state index in [9.17, 15) is 4.79 Å². The third-order valence-electron chi connectivity index (χ3n) is 2.54. The SMILES string of the molecule is Cc1cc2c(=O)n(C)c(N)nc2n1C. The van der Waals surface area contributed by atoms with E-state index < -0.39 is 0 Å². The van der Waals surface area contributed by atoms with Crippen LogP contribution in [0.3, 0.4) is 0 Å². The molecule has 0 unspecified atom stereocenters. The fourth-order valence-electron chi connectivity index (χ4n) is 1.48. The first kappa shape index (κ1) is 8.80. The highest BCUT2D eigenvalue weighted by Crippen LogP contribution is 2.12. The zero-order chi connectivity index (χ0) is 10.5. The van der Waals surface area contributed by atoms with Crippen molar-refractivity contribution in [2.45, 2.75) is 6.92 Å². The Hall–Kier alpha value is -1.78. The minimum absolute atomic E-state index is 0.101. The number of nitrogen functional groups attached to an aromatic ring is 1. The van der Waals surface area contributed by atoms with Gasteiger partial charge in [0.25, 0.3) is 5.56 Å². The van der Waals surface area contributed by atoms with Crippen LogP contribution in [0.1, 0.15) is 5.69 Å². The van der Waals surface area contributed by atoms with E-state index in [-0.39, 0.29) is 11.5 Å². The van der Waals surface area contributed by atoms with E-state index in [1.54, 1.807) is 7.05 Å². The third-order valence-corrected chi connectivity index (χ3v) is 2.54. The summed E-state index contributed by atoms with van der Waals surface area (Å²) in [5.41, 5.74) is 7.14. The first-order chi connectivity index (χ1) is 6.52. The van der Waals surface area contributed by atoms with Crippen LogP contribution in [0.5, 0.6) is 0 Å². The van der Waals surface area contributed by atoms with Crippen molar-refractivity contribution in [2.75, 3.05) is 5.73 Å². The molecule has 0 fully saturated rings. The van der Waals surface area contributed by atoms with E-state index in [1.807, 2.05) is 24.6 Å². The van der Waals surface area contributed by atoms with Crippen molar-refractivity contribution < 1.29 is 0 Å². The molecule has 0 aliphatic carbocycles. The molecule has 0 bridgehead atoms. The largest absolute Gasteiger partial charge is 0.369 e. The van der Waals surface area contributed by atoms with Crippen molar-refractivity contribution in [1.29, 1.82) is 0 Å². The molecule has 0 aromatic carbocycles. The van der Waals surface area contributed by atoms with Crippen LogP contribution in [0.25, 0.3) is 11.0 Å². The Morgan fingerprint density at radius 2 is 2.00 bits per heavy atom. The molecule has 2 rings (SSSR count). The van der Waals surface area contributed by atoms with Crippen molar-refractivity contribution >= 4 is 17.0 Å². The smallest absolute Gasteiger partial charge is 0.264 e. The molecule has 0 spiro atoms. The van der Waals surface area contributed by atoms with Crippen LogP contribution in [0.4, 0.5) is 5.95 Å². The van der Waals surface area contributed by atoms with Gasteiger partial charge in [0.2, 0.25) is 5.95 Å². The molecule has 2 aromatic heterocycles. The van der Waals surface area contributed by atoms with Gasteiger partial charge < -0.3 is 10.3 Å². The summed E-state index contributed by atoms with van der Waals surface area (Å²) in [6.45, 7) is 1.93. The topological polar surface area (TPSA) is 65.8 Å². The molecule has 2 aromatic rings. The predicted octanol–water partition coefficient (Wildman–Crippen LogP) is 0.163. The maximum Gasteiger partial charge on any atom is 0.264 e. The average Bonchev–Trinajstić information content (AvgIpc) is 2.42. The highest BCUT2D eigenvalue weighted by Gasteiger charge is 2.10. The Labute approximate surface area is 80.8 Å². The number of aryl methyl sites for hydroxylation is 2. The number of fused-ring (bicyclic) bond motifs is 1. The molecule has 74 valence electrons. The lowest BCUT2D eigenvalue weighted by atomic mass is 10.4. The molecule has 5 heteroatoms. The monoisotopic (exact) mass is 192 g/mol.